The molecule has 5 nitrogen and oxygen atoms in total. The number of rotatable bonds is 6. The first kappa shape index (κ1) is 17.5. The third kappa shape index (κ3) is 4.42. The van der Waals surface area contributed by atoms with E-state index in [1.54, 1.807) is 18.2 Å². The van der Waals surface area contributed by atoms with E-state index in [0.29, 0.717) is 30.0 Å². The van der Waals surface area contributed by atoms with E-state index in [9.17, 15) is 9.18 Å². The summed E-state index contributed by atoms with van der Waals surface area (Å²) in [7, 11) is 0. The predicted octanol–water partition coefficient (Wildman–Crippen LogP) is 3.64. The van der Waals surface area contributed by atoms with Crippen LogP contribution in [0.25, 0.3) is 0 Å². The molecule has 0 saturated heterocycles. The van der Waals surface area contributed by atoms with Gasteiger partial charge in [0.15, 0.2) is 0 Å². The fourth-order valence-electron chi connectivity index (χ4n) is 2.46. The van der Waals surface area contributed by atoms with Crippen molar-refractivity contribution < 1.29 is 9.18 Å². The minimum absolute atomic E-state index is 0.267. The predicted molar refractivity (Wildman–Crippen MR) is 98.9 cm³/mol. The van der Waals surface area contributed by atoms with Gasteiger partial charge in [0, 0.05) is 24.6 Å². The molecule has 2 aromatic carbocycles. The largest absolute Gasteiger partial charge is 0.352 e. The maximum absolute atomic E-state index is 13.5. The number of hydrogen-bond acceptors (Lipinski definition) is 4. The van der Waals surface area contributed by atoms with Crippen LogP contribution in [-0.4, -0.2) is 22.4 Å². The molecule has 0 saturated carbocycles. The molecule has 26 heavy (non-hydrogen) atoms. The van der Waals surface area contributed by atoms with Crippen LogP contribution in [-0.2, 0) is 6.42 Å². The Hall–Kier alpha value is -3.28. The maximum atomic E-state index is 13.5. The van der Waals surface area contributed by atoms with Gasteiger partial charge in [-0.05, 0) is 36.6 Å². The molecule has 132 valence electrons. The molecule has 0 aliphatic carbocycles. The molecular formula is C20H19FN4O. The van der Waals surface area contributed by atoms with Crippen LogP contribution < -0.4 is 10.6 Å². The molecule has 0 aliphatic rings. The number of amides is 1. The highest BCUT2D eigenvalue weighted by molar-refractivity contribution is 5.93. The topological polar surface area (TPSA) is 66.9 Å². The number of benzene rings is 2. The number of nitrogens with zero attached hydrogens (tertiary/aromatic N) is 2. The quantitative estimate of drug-likeness (QED) is 0.712. The molecule has 0 aliphatic heterocycles. The van der Waals surface area contributed by atoms with Gasteiger partial charge >= 0.3 is 0 Å². The summed E-state index contributed by atoms with van der Waals surface area (Å²) in [6, 6.07) is 14.3. The lowest BCUT2D eigenvalue weighted by molar-refractivity contribution is 0.0953. The van der Waals surface area contributed by atoms with Crippen molar-refractivity contribution >= 4 is 17.5 Å². The Labute approximate surface area is 151 Å². The van der Waals surface area contributed by atoms with Crippen molar-refractivity contribution in [2.75, 3.05) is 11.9 Å². The number of hydrogen-bond donors (Lipinski definition) is 2. The second-order valence-corrected chi connectivity index (χ2v) is 5.83. The summed E-state index contributed by atoms with van der Waals surface area (Å²) >= 11 is 0. The van der Waals surface area contributed by atoms with Gasteiger partial charge in [-0.1, -0.05) is 36.4 Å². The number of para-hydroxylation sites is 1. The van der Waals surface area contributed by atoms with Crippen LogP contribution >= 0.6 is 0 Å². The Morgan fingerprint density at radius 1 is 1.04 bits per heavy atom. The molecule has 1 amide bonds. The van der Waals surface area contributed by atoms with Crippen molar-refractivity contribution in [2.24, 2.45) is 0 Å². The molecule has 0 spiro atoms. The highest BCUT2D eigenvalue weighted by Crippen LogP contribution is 2.17. The van der Waals surface area contributed by atoms with Crippen LogP contribution in [0.5, 0.6) is 0 Å². The van der Waals surface area contributed by atoms with Gasteiger partial charge in [0.2, 0.25) is 5.95 Å². The Bertz CT molecular complexity index is 896. The molecule has 6 heteroatoms. The van der Waals surface area contributed by atoms with Gasteiger partial charge in [0.25, 0.3) is 5.91 Å². The van der Waals surface area contributed by atoms with Crippen molar-refractivity contribution in [1.29, 1.82) is 0 Å². The summed E-state index contributed by atoms with van der Waals surface area (Å²) < 4.78 is 13.5. The second-order valence-electron chi connectivity index (χ2n) is 5.83. The number of carbonyl (C=O) groups excluding carboxylic acids is 1. The number of nitrogens with one attached hydrogen (secondary N) is 2. The summed E-state index contributed by atoms with van der Waals surface area (Å²) in [5, 5.41) is 5.86. The van der Waals surface area contributed by atoms with Crippen molar-refractivity contribution in [3.8, 4) is 0 Å². The number of aryl methyl sites for hydroxylation is 1. The molecule has 3 rings (SSSR count). The molecule has 0 atom stereocenters. The lowest BCUT2D eigenvalue weighted by atomic mass is 10.1. The summed E-state index contributed by atoms with van der Waals surface area (Å²) in [4.78, 5) is 20.5. The smallest absolute Gasteiger partial charge is 0.254 e. The Morgan fingerprint density at radius 2 is 1.73 bits per heavy atom. The van der Waals surface area contributed by atoms with Crippen LogP contribution in [0.4, 0.5) is 16.0 Å². The molecule has 1 heterocycles. The fraction of sp³-hybridized carbons (Fsp3) is 0.150. The highest BCUT2D eigenvalue weighted by atomic mass is 19.1. The molecule has 0 bridgehead atoms. The number of aromatic nitrogens is 2. The lowest BCUT2D eigenvalue weighted by Gasteiger charge is -2.08. The SMILES string of the molecule is Cc1ccccc1Nc1ncc(C(=O)NCCc2ccccc2F)cn1. The van der Waals surface area contributed by atoms with Crippen LogP contribution in [0.3, 0.4) is 0 Å². The molecule has 0 fully saturated rings. The lowest BCUT2D eigenvalue weighted by Crippen LogP contribution is -2.26. The molecular weight excluding hydrogens is 331 g/mol. The monoisotopic (exact) mass is 350 g/mol. The molecule has 3 aromatic rings. The van der Waals surface area contributed by atoms with Gasteiger partial charge < -0.3 is 10.6 Å². The van der Waals surface area contributed by atoms with E-state index < -0.39 is 0 Å². The zero-order chi connectivity index (χ0) is 18.4. The van der Waals surface area contributed by atoms with Crippen LogP contribution in [0, 0.1) is 12.7 Å². The fourth-order valence-corrected chi connectivity index (χ4v) is 2.46. The van der Waals surface area contributed by atoms with Crippen LogP contribution in [0.15, 0.2) is 60.9 Å². The average molecular weight is 350 g/mol. The van der Waals surface area contributed by atoms with E-state index in [2.05, 4.69) is 20.6 Å². The van der Waals surface area contributed by atoms with E-state index in [0.717, 1.165) is 11.3 Å². The number of carbonyl (C=O) groups is 1. The van der Waals surface area contributed by atoms with Gasteiger partial charge in [-0.3, -0.25) is 4.79 Å². The minimum Gasteiger partial charge on any atom is -0.352 e. The normalized spacial score (nSPS) is 10.4. The van der Waals surface area contributed by atoms with Gasteiger partial charge in [0.05, 0.1) is 5.56 Å². The average Bonchev–Trinajstić information content (AvgIpc) is 2.66. The third-order valence-corrected chi connectivity index (χ3v) is 3.94. The second kappa shape index (κ2) is 8.20. The van der Waals surface area contributed by atoms with Crippen molar-refractivity contribution in [2.45, 2.75) is 13.3 Å². The Balaban J connectivity index is 1.55. The highest BCUT2D eigenvalue weighted by Gasteiger charge is 2.08. The summed E-state index contributed by atoms with van der Waals surface area (Å²) in [6.07, 6.45) is 3.35. The zero-order valence-corrected chi connectivity index (χ0v) is 14.4. The zero-order valence-electron chi connectivity index (χ0n) is 14.4. The van der Waals surface area contributed by atoms with E-state index in [1.165, 1.54) is 18.5 Å². The van der Waals surface area contributed by atoms with Crippen molar-refractivity contribution in [3.63, 3.8) is 0 Å². The van der Waals surface area contributed by atoms with Gasteiger partial charge in [-0.15, -0.1) is 0 Å². The first-order valence-corrected chi connectivity index (χ1v) is 8.30. The standard InChI is InChI=1S/C20H19FN4O/c1-14-6-2-5-9-18(14)25-20-23-12-16(13-24-20)19(26)22-11-10-15-7-3-4-8-17(15)21/h2-9,12-13H,10-11H2,1H3,(H,22,26)(H,23,24,25). The molecule has 2 N–H and O–H groups in total. The Morgan fingerprint density at radius 3 is 2.46 bits per heavy atom. The van der Waals surface area contributed by atoms with Gasteiger partial charge in [0.1, 0.15) is 5.82 Å². The maximum Gasteiger partial charge on any atom is 0.254 e. The third-order valence-electron chi connectivity index (χ3n) is 3.94. The first-order valence-electron chi connectivity index (χ1n) is 8.30. The molecule has 0 unspecified atom stereocenters. The number of anilines is 2. The van der Waals surface area contributed by atoms with E-state index in [-0.39, 0.29) is 11.7 Å². The van der Waals surface area contributed by atoms with Crippen LogP contribution in [0.2, 0.25) is 0 Å². The summed E-state index contributed by atoms with van der Waals surface area (Å²) in [5.74, 6) is -0.136. The Kier molecular flexibility index (Phi) is 5.53. The first-order chi connectivity index (χ1) is 12.6. The van der Waals surface area contributed by atoms with Gasteiger partial charge in [-0.25, -0.2) is 14.4 Å². The van der Waals surface area contributed by atoms with Crippen LogP contribution in [0.1, 0.15) is 21.5 Å². The summed E-state index contributed by atoms with van der Waals surface area (Å²) in [6.45, 7) is 2.32. The van der Waals surface area contributed by atoms with E-state index in [4.69, 9.17) is 0 Å². The van der Waals surface area contributed by atoms with Crippen molar-refractivity contribution in [3.05, 3.63) is 83.4 Å². The minimum atomic E-state index is -0.288. The summed E-state index contributed by atoms with van der Waals surface area (Å²) in [5.41, 5.74) is 2.91. The number of halogens is 1. The van der Waals surface area contributed by atoms with E-state index in [1.807, 2.05) is 31.2 Å². The van der Waals surface area contributed by atoms with Crippen molar-refractivity contribution in [1.82, 2.24) is 15.3 Å². The molecule has 0 radical (unpaired) electrons. The molecule has 1 aromatic heterocycles. The van der Waals surface area contributed by atoms with E-state index >= 15 is 0 Å². The van der Waals surface area contributed by atoms with Gasteiger partial charge in [-0.2, -0.15) is 0 Å².